The minimum absolute atomic E-state index is 0.197. The molecule has 92 valence electrons. The van der Waals surface area contributed by atoms with Crippen molar-refractivity contribution in [3.8, 4) is 0 Å². The third-order valence-electron chi connectivity index (χ3n) is 2.92. The van der Waals surface area contributed by atoms with E-state index in [2.05, 4.69) is 29.4 Å². The molecule has 0 spiro atoms. The summed E-state index contributed by atoms with van der Waals surface area (Å²) in [6, 6.07) is 6.44. The van der Waals surface area contributed by atoms with E-state index in [1.165, 1.54) is 11.3 Å². The molecule has 0 fully saturated rings. The van der Waals surface area contributed by atoms with E-state index in [1.54, 1.807) is 0 Å². The van der Waals surface area contributed by atoms with E-state index in [0.29, 0.717) is 0 Å². The van der Waals surface area contributed by atoms with Gasteiger partial charge in [-0.3, -0.25) is 0 Å². The van der Waals surface area contributed by atoms with Crippen LogP contribution in [0.5, 0.6) is 0 Å². The second-order valence-corrected chi connectivity index (χ2v) is 4.38. The second kappa shape index (κ2) is 5.23. The van der Waals surface area contributed by atoms with Crippen LogP contribution in [0.4, 0.5) is 0 Å². The summed E-state index contributed by atoms with van der Waals surface area (Å²) in [5.74, 6) is 1.96. The fraction of sp³-hybridized carbons (Fsp3) is 0.429. The van der Waals surface area contributed by atoms with Gasteiger partial charge in [0, 0.05) is 17.5 Å². The third kappa shape index (κ3) is 2.61. The van der Waals surface area contributed by atoms with Crippen LogP contribution in [0, 0.1) is 13.8 Å². The zero-order chi connectivity index (χ0) is 12.3. The van der Waals surface area contributed by atoms with Gasteiger partial charge < -0.3 is 14.7 Å². The Kier molecular flexibility index (Phi) is 3.69. The van der Waals surface area contributed by atoms with Gasteiger partial charge >= 0.3 is 0 Å². The predicted octanol–water partition coefficient (Wildman–Crippen LogP) is 3.31. The molecule has 0 aliphatic heterocycles. The van der Waals surface area contributed by atoms with Gasteiger partial charge in [-0.1, -0.05) is 6.92 Å². The van der Waals surface area contributed by atoms with Gasteiger partial charge in [-0.05, 0) is 45.0 Å². The van der Waals surface area contributed by atoms with Crippen molar-refractivity contribution in [2.45, 2.75) is 33.2 Å². The molecule has 1 unspecified atom stereocenters. The lowest BCUT2D eigenvalue weighted by Crippen LogP contribution is -2.23. The summed E-state index contributed by atoms with van der Waals surface area (Å²) in [6.45, 7) is 7.17. The quantitative estimate of drug-likeness (QED) is 0.830. The highest BCUT2D eigenvalue weighted by Gasteiger charge is 2.18. The molecular weight excluding hydrogens is 212 g/mol. The first-order valence-electron chi connectivity index (χ1n) is 6.16. The van der Waals surface area contributed by atoms with Crippen molar-refractivity contribution in [2.75, 3.05) is 6.54 Å². The Labute approximate surface area is 102 Å². The lowest BCUT2D eigenvalue weighted by Gasteiger charge is -2.16. The van der Waals surface area contributed by atoms with E-state index in [0.717, 1.165) is 24.5 Å². The van der Waals surface area contributed by atoms with Gasteiger partial charge in [-0.25, -0.2) is 0 Å². The number of aromatic amines is 1. The molecule has 17 heavy (non-hydrogen) atoms. The molecule has 2 rings (SSSR count). The summed E-state index contributed by atoms with van der Waals surface area (Å²) in [7, 11) is 0. The number of nitrogens with one attached hydrogen (secondary N) is 2. The Hall–Kier alpha value is -1.48. The fourth-order valence-corrected chi connectivity index (χ4v) is 2.14. The Bertz CT molecular complexity index is 457. The maximum absolute atomic E-state index is 5.62. The van der Waals surface area contributed by atoms with Gasteiger partial charge in [0.2, 0.25) is 0 Å². The number of furan rings is 1. The zero-order valence-electron chi connectivity index (χ0n) is 10.7. The minimum atomic E-state index is 0.197. The van der Waals surface area contributed by atoms with Crippen LogP contribution in [0.2, 0.25) is 0 Å². The molecule has 2 heterocycles. The predicted molar refractivity (Wildman–Crippen MR) is 69.1 cm³/mol. The summed E-state index contributed by atoms with van der Waals surface area (Å²) in [4.78, 5) is 3.28. The van der Waals surface area contributed by atoms with Crippen LogP contribution in [0.3, 0.4) is 0 Å². The average molecular weight is 232 g/mol. The number of aromatic nitrogens is 1. The van der Waals surface area contributed by atoms with Crippen molar-refractivity contribution in [2.24, 2.45) is 0 Å². The van der Waals surface area contributed by atoms with Crippen LogP contribution in [0.15, 0.2) is 28.8 Å². The Morgan fingerprint density at radius 2 is 2.24 bits per heavy atom. The standard InChI is InChI=1S/C14H20N2O/c1-4-7-16-14(13-6-5-8-15-13)12-9-10(2)17-11(12)3/h5-6,8-9,14-16H,4,7H2,1-3H3. The molecule has 0 aromatic carbocycles. The maximum atomic E-state index is 5.62. The molecule has 0 aliphatic carbocycles. The average Bonchev–Trinajstić information content (AvgIpc) is 2.90. The Morgan fingerprint density at radius 3 is 2.76 bits per heavy atom. The number of aryl methyl sites for hydroxylation is 2. The van der Waals surface area contributed by atoms with E-state index < -0.39 is 0 Å². The molecule has 2 N–H and O–H groups in total. The van der Waals surface area contributed by atoms with Crippen molar-refractivity contribution in [1.29, 1.82) is 0 Å². The summed E-state index contributed by atoms with van der Waals surface area (Å²) >= 11 is 0. The molecule has 0 bridgehead atoms. The van der Waals surface area contributed by atoms with E-state index >= 15 is 0 Å². The molecule has 3 heteroatoms. The molecule has 0 saturated heterocycles. The van der Waals surface area contributed by atoms with Crippen LogP contribution in [0.25, 0.3) is 0 Å². The molecule has 0 aliphatic rings. The topological polar surface area (TPSA) is 41.0 Å². The van der Waals surface area contributed by atoms with Crippen LogP contribution in [0.1, 0.15) is 42.2 Å². The summed E-state index contributed by atoms with van der Waals surface area (Å²) in [5.41, 5.74) is 2.40. The molecule has 0 saturated carbocycles. The second-order valence-electron chi connectivity index (χ2n) is 4.38. The normalized spacial score (nSPS) is 12.9. The molecule has 3 nitrogen and oxygen atoms in total. The van der Waals surface area contributed by atoms with Gasteiger partial charge in [0.1, 0.15) is 11.5 Å². The highest BCUT2D eigenvalue weighted by Crippen LogP contribution is 2.26. The van der Waals surface area contributed by atoms with Gasteiger partial charge in [-0.2, -0.15) is 0 Å². The summed E-state index contributed by atoms with van der Waals surface area (Å²) in [5, 5.41) is 3.55. The highest BCUT2D eigenvalue weighted by atomic mass is 16.3. The molecular formula is C14H20N2O. The SMILES string of the molecule is CCCNC(c1ccc[nH]1)c1cc(C)oc1C. The first kappa shape index (κ1) is 12.0. The van der Waals surface area contributed by atoms with Gasteiger partial charge in [0.15, 0.2) is 0 Å². The van der Waals surface area contributed by atoms with Crippen molar-refractivity contribution in [1.82, 2.24) is 10.3 Å². The zero-order valence-corrected chi connectivity index (χ0v) is 10.7. The van der Waals surface area contributed by atoms with Gasteiger partial charge in [0.25, 0.3) is 0 Å². The Morgan fingerprint density at radius 1 is 1.41 bits per heavy atom. The van der Waals surface area contributed by atoms with Crippen molar-refractivity contribution < 1.29 is 4.42 Å². The molecule has 2 aromatic heterocycles. The lowest BCUT2D eigenvalue weighted by atomic mass is 10.0. The molecule has 0 amide bonds. The van der Waals surface area contributed by atoms with E-state index in [1.807, 2.05) is 26.1 Å². The lowest BCUT2D eigenvalue weighted by molar-refractivity contribution is 0.492. The van der Waals surface area contributed by atoms with Crippen LogP contribution in [-0.4, -0.2) is 11.5 Å². The van der Waals surface area contributed by atoms with E-state index in [9.17, 15) is 0 Å². The van der Waals surface area contributed by atoms with Crippen molar-refractivity contribution >= 4 is 0 Å². The van der Waals surface area contributed by atoms with Gasteiger partial charge in [0.05, 0.1) is 6.04 Å². The monoisotopic (exact) mass is 232 g/mol. The minimum Gasteiger partial charge on any atom is -0.466 e. The van der Waals surface area contributed by atoms with Gasteiger partial charge in [-0.15, -0.1) is 0 Å². The molecule has 2 aromatic rings. The van der Waals surface area contributed by atoms with Crippen molar-refractivity contribution in [3.63, 3.8) is 0 Å². The number of hydrogen-bond donors (Lipinski definition) is 2. The highest BCUT2D eigenvalue weighted by molar-refractivity contribution is 5.31. The van der Waals surface area contributed by atoms with Crippen LogP contribution in [-0.2, 0) is 0 Å². The first-order chi connectivity index (χ1) is 8.22. The Balaban J connectivity index is 2.30. The largest absolute Gasteiger partial charge is 0.466 e. The fourth-order valence-electron chi connectivity index (χ4n) is 2.14. The van der Waals surface area contributed by atoms with E-state index in [-0.39, 0.29) is 6.04 Å². The number of H-pyrrole nitrogens is 1. The summed E-state index contributed by atoms with van der Waals surface area (Å²) < 4.78 is 5.62. The number of hydrogen-bond acceptors (Lipinski definition) is 2. The van der Waals surface area contributed by atoms with Crippen LogP contribution >= 0.6 is 0 Å². The smallest absolute Gasteiger partial charge is 0.106 e. The van der Waals surface area contributed by atoms with Crippen LogP contribution < -0.4 is 5.32 Å². The first-order valence-corrected chi connectivity index (χ1v) is 6.16. The molecule has 0 radical (unpaired) electrons. The number of rotatable bonds is 5. The third-order valence-corrected chi connectivity index (χ3v) is 2.92. The van der Waals surface area contributed by atoms with Crippen molar-refractivity contribution in [3.05, 3.63) is 47.2 Å². The maximum Gasteiger partial charge on any atom is 0.106 e. The summed E-state index contributed by atoms with van der Waals surface area (Å²) in [6.07, 6.45) is 3.07. The molecule has 1 atom stereocenters. The van der Waals surface area contributed by atoms with E-state index in [4.69, 9.17) is 4.42 Å².